The third kappa shape index (κ3) is 4.33. The summed E-state index contributed by atoms with van der Waals surface area (Å²) >= 11 is 0. The van der Waals surface area contributed by atoms with Gasteiger partial charge in [0.2, 0.25) is 0 Å². The molecule has 0 aliphatic heterocycles. The minimum atomic E-state index is -0.958. The van der Waals surface area contributed by atoms with Crippen LogP contribution in [-0.2, 0) is 6.54 Å². The Labute approximate surface area is 170 Å². The number of rotatable bonds is 4. The summed E-state index contributed by atoms with van der Waals surface area (Å²) in [6.45, 7) is 0.268. The van der Waals surface area contributed by atoms with E-state index in [1.165, 1.54) is 17.0 Å². The van der Waals surface area contributed by atoms with Crippen LogP contribution in [0.15, 0.2) is 72.0 Å². The predicted molar refractivity (Wildman–Crippen MR) is 108 cm³/mol. The number of benzene rings is 2. The van der Waals surface area contributed by atoms with Gasteiger partial charge in [-0.2, -0.15) is 0 Å². The first-order valence-corrected chi connectivity index (χ1v) is 9.05. The number of ether oxygens (including phenoxy) is 1. The topological polar surface area (TPSA) is 57.0 Å². The van der Waals surface area contributed by atoms with Gasteiger partial charge in [-0.1, -0.05) is 17.9 Å². The van der Waals surface area contributed by atoms with Crippen molar-refractivity contribution in [3.8, 4) is 17.6 Å². The van der Waals surface area contributed by atoms with E-state index in [1.807, 2.05) is 0 Å². The van der Waals surface area contributed by atoms with Gasteiger partial charge in [0, 0.05) is 18.0 Å². The molecule has 0 bridgehead atoms. The second-order valence-corrected chi connectivity index (χ2v) is 6.43. The minimum absolute atomic E-state index is 0.0780. The Kier molecular flexibility index (Phi) is 5.48. The van der Waals surface area contributed by atoms with E-state index in [2.05, 4.69) is 21.8 Å². The van der Waals surface area contributed by atoms with Crippen molar-refractivity contribution in [2.75, 3.05) is 6.61 Å². The number of hydrogen-bond donors (Lipinski definition) is 0. The fourth-order valence-corrected chi connectivity index (χ4v) is 2.88. The number of hydrogen-bond acceptors (Lipinski definition) is 4. The molecule has 0 spiro atoms. The molecule has 2 aromatic carbocycles. The lowest BCUT2D eigenvalue weighted by atomic mass is 10.1. The van der Waals surface area contributed by atoms with Crippen molar-refractivity contribution in [1.29, 1.82) is 0 Å². The molecule has 7 heteroatoms. The van der Waals surface area contributed by atoms with Crippen LogP contribution < -0.4 is 10.3 Å². The molecular weight excluding hydrogens is 388 g/mol. The smallest absolute Gasteiger partial charge is 0.261 e. The molecule has 2 aromatic heterocycles. The Hall–Kier alpha value is -4.05. The van der Waals surface area contributed by atoms with E-state index in [4.69, 9.17) is 4.74 Å². The average Bonchev–Trinajstić information content (AvgIpc) is 2.77. The molecule has 0 unspecified atom stereocenters. The van der Waals surface area contributed by atoms with Crippen molar-refractivity contribution in [2.45, 2.75) is 6.54 Å². The molecule has 0 fully saturated rings. The highest BCUT2D eigenvalue weighted by Crippen LogP contribution is 2.12. The molecule has 148 valence electrons. The van der Waals surface area contributed by atoms with Gasteiger partial charge in [0.1, 0.15) is 12.4 Å². The second-order valence-electron chi connectivity index (χ2n) is 6.43. The maximum absolute atomic E-state index is 13.4. The molecule has 5 nitrogen and oxygen atoms in total. The zero-order chi connectivity index (χ0) is 20.9. The Balaban J connectivity index is 1.56. The third-order valence-electron chi connectivity index (χ3n) is 4.35. The second kappa shape index (κ2) is 8.53. The van der Waals surface area contributed by atoms with Gasteiger partial charge in [-0.15, -0.1) is 0 Å². The van der Waals surface area contributed by atoms with E-state index in [0.717, 1.165) is 12.1 Å². The van der Waals surface area contributed by atoms with Gasteiger partial charge in [0.05, 0.1) is 23.8 Å². The first-order chi connectivity index (χ1) is 14.6. The van der Waals surface area contributed by atoms with Crippen molar-refractivity contribution in [3.05, 3.63) is 100 Å². The van der Waals surface area contributed by atoms with E-state index in [1.54, 1.807) is 42.7 Å². The van der Waals surface area contributed by atoms with Crippen LogP contribution in [0.2, 0.25) is 0 Å². The number of nitrogens with zero attached hydrogens (tertiary/aromatic N) is 3. The Morgan fingerprint density at radius 3 is 2.63 bits per heavy atom. The number of pyridine rings is 1. The van der Waals surface area contributed by atoms with Crippen molar-refractivity contribution in [3.63, 3.8) is 0 Å². The van der Waals surface area contributed by atoms with Gasteiger partial charge >= 0.3 is 0 Å². The highest BCUT2D eigenvalue weighted by Gasteiger charge is 2.08. The van der Waals surface area contributed by atoms with Gasteiger partial charge in [-0.05, 0) is 48.0 Å². The van der Waals surface area contributed by atoms with Crippen LogP contribution >= 0.6 is 0 Å². The molecule has 4 aromatic rings. The Morgan fingerprint density at radius 1 is 1.00 bits per heavy atom. The first kappa shape index (κ1) is 19.3. The fourth-order valence-electron chi connectivity index (χ4n) is 2.88. The number of fused-ring (bicyclic) bond motifs is 1. The van der Waals surface area contributed by atoms with Crippen molar-refractivity contribution < 1.29 is 13.5 Å². The third-order valence-corrected chi connectivity index (χ3v) is 4.35. The monoisotopic (exact) mass is 403 g/mol. The van der Waals surface area contributed by atoms with E-state index in [9.17, 15) is 13.6 Å². The molecule has 0 N–H and O–H groups in total. The van der Waals surface area contributed by atoms with Crippen LogP contribution in [0.3, 0.4) is 0 Å². The molecule has 4 rings (SSSR count). The molecule has 0 aliphatic carbocycles. The highest BCUT2D eigenvalue weighted by molar-refractivity contribution is 5.79. The summed E-state index contributed by atoms with van der Waals surface area (Å²) in [6.07, 6.45) is 4.65. The summed E-state index contributed by atoms with van der Waals surface area (Å²) in [4.78, 5) is 21.0. The lowest BCUT2D eigenvalue weighted by Gasteiger charge is -2.07. The summed E-state index contributed by atoms with van der Waals surface area (Å²) < 4.78 is 33.4. The fraction of sp³-hybridized carbons (Fsp3) is 0.0870. The molecule has 0 saturated carbocycles. The lowest BCUT2D eigenvalue weighted by molar-refractivity contribution is 0.370. The highest BCUT2D eigenvalue weighted by atomic mass is 19.2. The number of aromatic nitrogens is 3. The maximum atomic E-state index is 13.4. The lowest BCUT2D eigenvalue weighted by Crippen LogP contribution is -2.21. The van der Waals surface area contributed by atoms with Gasteiger partial charge in [-0.3, -0.25) is 14.3 Å². The first-order valence-electron chi connectivity index (χ1n) is 9.05. The standard InChI is InChI=1S/C23H15F2N3O2/c24-20-5-3-17(13-21(20)25)14-28-15-27-22-6-4-16(12-19(22)23(28)29)2-1-11-30-18-7-9-26-10-8-18/h3-10,12-13,15H,11,14H2. The van der Waals surface area contributed by atoms with Crippen molar-refractivity contribution in [1.82, 2.24) is 14.5 Å². The summed E-state index contributed by atoms with van der Waals surface area (Å²) in [5.74, 6) is 4.64. The molecule has 30 heavy (non-hydrogen) atoms. The van der Waals surface area contributed by atoms with Crippen LogP contribution in [0.1, 0.15) is 11.1 Å². The summed E-state index contributed by atoms with van der Waals surface area (Å²) in [5, 5.41) is 0.391. The van der Waals surface area contributed by atoms with Gasteiger partial charge in [-0.25, -0.2) is 13.8 Å². The average molecular weight is 403 g/mol. The number of halogens is 2. The summed E-state index contributed by atoms with van der Waals surface area (Å²) in [6, 6.07) is 12.1. The van der Waals surface area contributed by atoms with Crippen LogP contribution in [0.4, 0.5) is 8.78 Å². The van der Waals surface area contributed by atoms with Crippen LogP contribution in [-0.4, -0.2) is 21.1 Å². The zero-order valence-corrected chi connectivity index (χ0v) is 15.7. The van der Waals surface area contributed by atoms with E-state index < -0.39 is 11.6 Å². The van der Waals surface area contributed by atoms with E-state index >= 15 is 0 Å². The van der Waals surface area contributed by atoms with Gasteiger partial charge in [0.25, 0.3) is 5.56 Å². The van der Waals surface area contributed by atoms with Crippen LogP contribution in [0.5, 0.6) is 5.75 Å². The SMILES string of the molecule is O=c1c2cc(C#CCOc3ccncc3)ccc2ncn1Cc1ccc(F)c(F)c1. The molecule has 2 heterocycles. The quantitative estimate of drug-likeness (QED) is 0.489. The largest absolute Gasteiger partial charge is 0.481 e. The van der Waals surface area contributed by atoms with E-state index in [-0.39, 0.29) is 18.7 Å². The minimum Gasteiger partial charge on any atom is -0.481 e. The Bertz CT molecular complexity index is 1330. The van der Waals surface area contributed by atoms with Crippen LogP contribution in [0, 0.1) is 23.5 Å². The van der Waals surface area contributed by atoms with E-state index in [0.29, 0.717) is 27.8 Å². The van der Waals surface area contributed by atoms with Crippen LogP contribution in [0.25, 0.3) is 10.9 Å². The summed E-state index contributed by atoms with van der Waals surface area (Å²) in [7, 11) is 0. The van der Waals surface area contributed by atoms with Gasteiger partial charge < -0.3 is 4.74 Å². The van der Waals surface area contributed by atoms with Gasteiger partial charge in [0.15, 0.2) is 11.6 Å². The zero-order valence-electron chi connectivity index (χ0n) is 15.7. The molecule has 0 saturated heterocycles. The molecule has 0 aliphatic rings. The Morgan fingerprint density at radius 2 is 1.83 bits per heavy atom. The predicted octanol–water partition coefficient (Wildman–Crippen LogP) is 3.55. The molecule has 0 atom stereocenters. The maximum Gasteiger partial charge on any atom is 0.261 e. The molecule has 0 amide bonds. The molecule has 0 radical (unpaired) electrons. The molecular formula is C23H15F2N3O2. The van der Waals surface area contributed by atoms with Crippen molar-refractivity contribution >= 4 is 10.9 Å². The van der Waals surface area contributed by atoms with Crippen molar-refractivity contribution in [2.24, 2.45) is 0 Å². The normalized spacial score (nSPS) is 10.5. The summed E-state index contributed by atoms with van der Waals surface area (Å²) in [5.41, 5.74) is 1.34.